The summed E-state index contributed by atoms with van der Waals surface area (Å²) in [4.78, 5) is 3.18. The highest BCUT2D eigenvalue weighted by atomic mass is 79.9. The number of aromatic nitrogens is 1. The number of benzene rings is 1. The van der Waals surface area contributed by atoms with E-state index in [0.29, 0.717) is 0 Å². The fraction of sp³-hybridized carbons (Fsp3) is 0.200. The molecule has 0 saturated carbocycles. The minimum absolute atomic E-state index is 0.0364. The van der Waals surface area contributed by atoms with Crippen molar-refractivity contribution in [2.75, 3.05) is 0 Å². The monoisotopic (exact) mass is 239 g/mol. The number of fused-ring (bicyclic) bond motifs is 1. The molecule has 0 amide bonds. The largest absolute Gasteiger partial charge is 0.390 e. The predicted molar refractivity (Wildman–Crippen MR) is 56.7 cm³/mol. The van der Waals surface area contributed by atoms with Crippen LogP contribution in [0.1, 0.15) is 11.3 Å². The van der Waals surface area contributed by atoms with E-state index in [2.05, 4.69) is 20.9 Å². The highest BCUT2D eigenvalue weighted by molar-refractivity contribution is 9.10. The molecule has 0 spiro atoms. The van der Waals surface area contributed by atoms with Crippen LogP contribution in [0.25, 0.3) is 10.9 Å². The Morgan fingerprint density at radius 1 is 1.46 bits per heavy atom. The summed E-state index contributed by atoms with van der Waals surface area (Å²) in [6, 6.07) is 6.09. The van der Waals surface area contributed by atoms with Crippen LogP contribution in [0.2, 0.25) is 0 Å². The van der Waals surface area contributed by atoms with Gasteiger partial charge in [0.25, 0.3) is 0 Å². The number of aromatic amines is 1. The van der Waals surface area contributed by atoms with Crippen molar-refractivity contribution in [2.45, 2.75) is 13.5 Å². The molecule has 3 heteroatoms. The number of aryl methyl sites for hydroxylation is 1. The van der Waals surface area contributed by atoms with Crippen LogP contribution in [0, 0.1) is 6.92 Å². The zero-order valence-electron chi connectivity index (χ0n) is 7.26. The summed E-state index contributed by atoms with van der Waals surface area (Å²) < 4.78 is 0.966. The number of halogens is 1. The van der Waals surface area contributed by atoms with Gasteiger partial charge in [0.2, 0.25) is 0 Å². The number of aliphatic hydroxyl groups is 1. The Hall–Kier alpha value is -0.800. The fourth-order valence-corrected chi connectivity index (χ4v) is 2.05. The molecule has 0 saturated heterocycles. The van der Waals surface area contributed by atoms with Gasteiger partial charge in [-0.2, -0.15) is 0 Å². The average Bonchev–Trinajstić information content (AvgIpc) is 2.45. The summed E-state index contributed by atoms with van der Waals surface area (Å²) in [5.41, 5.74) is 3.13. The smallest absolute Gasteiger partial charge is 0.0842 e. The van der Waals surface area contributed by atoms with E-state index < -0.39 is 0 Å². The van der Waals surface area contributed by atoms with Gasteiger partial charge in [-0.05, 0) is 28.4 Å². The van der Waals surface area contributed by atoms with Gasteiger partial charge in [-0.15, -0.1) is 0 Å². The number of nitrogens with one attached hydrogen (secondary N) is 1. The van der Waals surface area contributed by atoms with E-state index in [1.165, 1.54) is 5.56 Å². The second kappa shape index (κ2) is 3.16. The van der Waals surface area contributed by atoms with E-state index in [1.807, 2.05) is 25.1 Å². The Bertz CT molecular complexity index is 447. The van der Waals surface area contributed by atoms with Crippen LogP contribution in [0.15, 0.2) is 22.7 Å². The Balaban J connectivity index is 2.83. The van der Waals surface area contributed by atoms with Gasteiger partial charge in [-0.3, -0.25) is 0 Å². The van der Waals surface area contributed by atoms with E-state index in [1.54, 1.807) is 0 Å². The van der Waals surface area contributed by atoms with Gasteiger partial charge in [-0.1, -0.05) is 18.2 Å². The van der Waals surface area contributed by atoms with E-state index in [-0.39, 0.29) is 6.61 Å². The van der Waals surface area contributed by atoms with Crippen molar-refractivity contribution < 1.29 is 5.11 Å². The summed E-state index contributed by atoms with van der Waals surface area (Å²) in [7, 11) is 0. The number of aliphatic hydroxyl groups excluding tert-OH is 1. The summed E-state index contributed by atoms with van der Waals surface area (Å²) in [6.45, 7) is 2.08. The molecule has 0 aliphatic carbocycles. The Morgan fingerprint density at radius 2 is 2.23 bits per heavy atom. The molecule has 2 aromatic rings. The molecule has 0 aliphatic heterocycles. The van der Waals surface area contributed by atoms with Gasteiger partial charge in [0, 0.05) is 15.4 Å². The first-order valence-electron chi connectivity index (χ1n) is 4.10. The van der Waals surface area contributed by atoms with Crippen molar-refractivity contribution in [3.8, 4) is 0 Å². The number of H-pyrrole nitrogens is 1. The van der Waals surface area contributed by atoms with Crippen LogP contribution < -0.4 is 0 Å². The van der Waals surface area contributed by atoms with Crippen molar-refractivity contribution in [1.29, 1.82) is 0 Å². The topological polar surface area (TPSA) is 36.0 Å². The quantitative estimate of drug-likeness (QED) is 0.789. The molecule has 0 aliphatic rings. The fourth-order valence-electron chi connectivity index (χ4n) is 1.49. The number of para-hydroxylation sites is 1. The van der Waals surface area contributed by atoms with Crippen LogP contribution in [-0.4, -0.2) is 10.1 Å². The summed E-state index contributed by atoms with van der Waals surface area (Å²) in [5.74, 6) is 0. The first-order chi connectivity index (χ1) is 6.24. The third kappa shape index (κ3) is 1.28. The van der Waals surface area contributed by atoms with E-state index in [0.717, 1.165) is 21.1 Å². The second-order valence-electron chi connectivity index (χ2n) is 3.07. The molecule has 2 nitrogen and oxygen atoms in total. The van der Waals surface area contributed by atoms with Crippen molar-refractivity contribution in [3.63, 3.8) is 0 Å². The third-order valence-corrected chi connectivity index (χ3v) is 3.11. The standard InChI is InChI=1S/C10H10BrNO/c1-6-3-2-4-7-9(11)8(5-13)12-10(6)7/h2-4,12-13H,5H2,1H3. The van der Waals surface area contributed by atoms with Crippen LogP contribution in [0.3, 0.4) is 0 Å². The molecule has 2 N–H and O–H groups in total. The molecular weight excluding hydrogens is 230 g/mol. The van der Waals surface area contributed by atoms with Crippen LogP contribution in [0.5, 0.6) is 0 Å². The first-order valence-corrected chi connectivity index (χ1v) is 4.90. The minimum Gasteiger partial charge on any atom is -0.390 e. The molecular formula is C10H10BrNO. The van der Waals surface area contributed by atoms with Crippen molar-refractivity contribution in [1.82, 2.24) is 4.98 Å². The molecule has 13 heavy (non-hydrogen) atoms. The van der Waals surface area contributed by atoms with Gasteiger partial charge >= 0.3 is 0 Å². The average molecular weight is 240 g/mol. The number of hydrogen-bond donors (Lipinski definition) is 2. The van der Waals surface area contributed by atoms with Crippen LogP contribution >= 0.6 is 15.9 Å². The lowest BCUT2D eigenvalue weighted by atomic mass is 10.2. The SMILES string of the molecule is Cc1cccc2c(Br)c(CO)[nH]c12. The molecule has 0 unspecified atom stereocenters. The lowest BCUT2D eigenvalue weighted by molar-refractivity contribution is 0.277. The molecule has 1 aromatic carbocycles. The van der Waals surface area contributed by atoms with Gasteiger partial charge in [0.1, 0.15) is 0 Å². The van der Waals surface area contributed by atoms with Crippen LogP contribution in [-0.2, 0) is 6.61 Å². The first kappa shape index (κ1) is 8.78. The van der Waals surface area contributed by atoms with Gasteiger partial charge in [-0.25, -0.2) is 0 Å². The van der Waals surface area contributed by atoms with E-state index in [9.17, 15) is 0 Å². The van der Waals surface area contributed by atoms with Crippen LogP contribution in [0.4, 0.5) is 0 Å². The molecule has 0 atom stereocenters. The van der Waals surface area contributed by atoms with Crippen molar-refractivity contribution in [3.05, 3.63) is 33.9 Å². The van der Waals surface area contributed by atoms with E-state index in [4.69, 9.17) is 5.11 Å². The molecule has 0 radical (unpaired) electrons. The lowest BCUT2D eigenvalue weighted by Gasteiger charge is -1.93. The maximum Gasteiger partial charge on any atom is 0.0842 e. The maximum atomic E-state index is 9.05. The Labute approximate surface area is 84.7 Å². The molecule has 2 rings (SSSR count). The van der Waals surface area contributed by atoms with Crippen molar-refractivity contribution in [2.24, 2.45) is 0 Å². The Kier molecular flexibility index (Phi) is 2.14. The third-order valence-electron chi connectivity index (χ3n) is 2.21. The zero-order chi connectivity index (χ0) is 9.42. The van der Waals surface area contributed by atoms with Gasteiger partial charge in [0.05, 0.1) is 12.3 Å². The highest BCUT2D eigenvalue weighted by Gasteiger charge is 2.08. The number of rotatable bonds is 1. The number of hydrogen-bond acceptors (Lipinski definition) is 1. The Morgan fingerprint density at radius 3 is 2.85 bits per heavy atom. The minimum atomic E-state index is 0.0364. The normalized spacial score (nSPS) is 11.0. The summed E-state index contributed by atoms with van der Waals surface area (Å²) in [5, 5.41) is 10.2. The maximum absolute atomic E-state index is 9.05. The summed E-state index contributed by atoms with van der Waals surface area (Å²) in [6.07, 6.45) is 0. The zero-order valence-corrected chi connectivity index (χ0v) is 8.85. The molecule has 68 valence electrons. The van der Waals surface area contributed by atoms with Gasteiger partial charge < -0.3 is 10.1 Å². The van der Waals surface area contributed by atoms with Crippen molar-refractivity contribution >= 4 is 26.8 Å². The van der Waals surface area contributed by atoms with Gasteiger partial charge in [0.15, 0.2) is 0 Å². The second-order valence-corrected chi connectivity index (χ2v) is 3.87. The predicted octanol–water partition coefficient (Wildman–Crippen LogP) is 2.73. The molecule has 0 fully saturated rings. The molecule has 0 bridgehead atoms. The summed E-state index contributed by atoms with van der Waals surface area (Å²) >= 11 is 3.45. The molecule has 1 aromatic heterocycles. The molecule has 1 heterocycles. The highest BCUT2D eigenvalue weighted by Crippen LogP contribution is 2.29. The van der Waals surface area contributed by atoms with E-state index >= 15 is 0 Å². The lowest BCUT2D eigenvalue weighted by Crippen LogP contribution is -1.82.